The Balaban J connectivity index is 1.65. The zero-order chi connectivity index (χ0) is 15.8. The maximum absolute atomic E-state index is 11.9. The van der Waals surface area contributed by atoms with Gasteiger partial charge in [-0.15, -0.1) is 0 Å². The molecule has 0 bridgehead atoms. The van der Waals surface area contributed by atoms with E-state index in [0.717, 1.165) is 37.5 Å². The summed E-state index contributed by atoms with van der Waals surface area (Å²) in [5.41, 5.74) is 0.0530. The van der Waals surface area contributed by atoms with Crippen LogP contribution in [0.3, 0.4) is 0 Å². The van der Waals surface area contributed by atoms with Crippen LogP contribution < -0.4 is 0 Å². The molecule has 0 aliphatic heterocycles. The van der Waals surface area contributed by atoms with Crippen LogP contribution in [0.25, 0.3) is 0 Å². The third-order valence-electron chi connectivity index (χ3n) is 9.04. The van der Waals surface area contributed by atoms with Crippen LogP contribution in [0.4, 0.5) is 0 Å². The second kappa shape index (κ2) is 4.59. The molecule has 7 atom stereocenters. The minimum Gasteiger partial charge on any atom is -0.390 e. The lowest BCUT2D eigenvalue weighted by Crippen LogP contribution is -2.55. The van der Waals surface area contributed by atoms with Gasteiger partial charge in [-0.1, -0.05) is 13.8 Å². The Labute approximate surface area is 135 Å². The molecule has 0 aromatic carbocycles. The molecule has 4 aliphatic carbocycles. The molecule has 4 saturated carbocycles. The van der Waals surface area contributed by atoms with Crippen molar-refractivity contribution in [2.45, 2.75) is 84.2 Å². The summed E-state index contributed by atoms with van der Waals surface area (Å²) in [6.07, 6.45) is 9.98. The topological polar surface area (TPSA) is 37.3 Å². The fraction of sp³-hybridized carbons (Fsp3) is 0.950. The van der Waals surface area contributed by atoms with Crippen molar-refractivity contribution in [1.82, 2.24) is 0 Å². The largest absolute Gasteiger partial charge is 0.390 e. The third-order valence-corrected chi connectivity index (χ3v) is 9.04. The maximum atomic E-state index is 11.9. The molecule has 0 radical (unpaired) electrons. The van der Waals surface area contributed by atoms with Crippen molar-refractivity contribution >= 4 is 5.78 Å². The Morgan fingerprint density at radius 3 is 2.45 bits per heavy atom. The summed E-state index contributed by atoms with van der Waals surface area (Å²) in [7, 11) is 0. The van der Waals surface area contributed by atoms with E-state index in [9.17, 15) is 9.90 Å². The lowest BCUT2D eigenvalue weighted by molar-refractivity contribution is -0.152. The molecule has 1 N–H and O–H groups in total. The Hall–Kier alpha value is -0.370. The Morgan fingerprint density at radius 2 is 1.68 bits per heavy atom. The predicted octanol–water partition coefficient (Wildman–Crippen LogP) is 4.35. The molecule has 2 heteroatoms. The molecule has 4 fully saturated rings. The number of ketones is 1. The van der Waals surface area contributed by atoms with Crippen molar-refractivity contribution in [3.63, 3.8) is 0 Å². The molecule has 22 heavy (non-hydrogen) atoms. The van der Waals surface area contributed by atoms with Crippen molar-refractivity contribution in [2.75, 3.05) is 0 Å². The van der Waals surface area contributed by atoms with Crippen LogP contribution in [-0.4, -0.2) is 16.5 Å². The van der Waals surface area contributed by atoms with E-state index in [1.165, 1.54) is 32.1 Å². The first kappa shape index (κ1) is 15.2. The first-order chi connectivity index (χ1) is 10.3. The Morgan fingerprint density at radius 1 is 0.955 bits per heavy atom. The molecule has 0 unspecified atom stereocenters. The van der Waals surface area contributed by atoms with Gasteiger partial charge in [0.1, 0.15) is 5.78 Å². The van der Waals surface area contributed by atoms with E-state index in [4.69, 9.17) is 0 Å². The van der Waals surface area contributed by atoms with Gasteiger partial charge in [-0.25, -0.2) is 0 Å². The molecular formula is C20H32O2. The average Bonchev–Trinajstić information content (AvgIpc) is 2.70. The van der Waals surface area contributed by atoms with E-state index in [1.54, 1.807) is 0 Å². The van der Waals surface area contributed by atoms with Gasteiger partial charge >= 0.3 is 0 Å². The van der Waals surface area contributed by atoms with Crippen LogP contribution in [0.5, 0.6) is 0 Å². The summed E-state index contributed by atoms with van der Waals surface area (Å²) in [4.78, 5) is 11.9. The number of aliphatic hydroxyl groups is 1. The van der Waals surface area contributed by atoms with Gasteiger partial charge in [-0.05, 0) is 86.4 Å². The summed E-state index contributed by atoms with van der Waals surface area (Å²) < 4.78 is 0. The molecule has 0 aromatic rings. The monoisotopic (exact) mass is 304 g/mol. The van der Waals surface area contributed by atoms with Gasteiger partial charge in [-0.3, -0.25) is 4.79 Å². The lowest BCUT2D eigenvalue weighted by Gasteiger charge is -2.60. The van der Waals surface area contributed by atoms with Crippen LogP contribution in [0.1, 0.15) is 78.6 Å². The highest BCUT2D eigenvalue weighted by Gasteiger charge is 2.63. The predicted molar refractivity (Wildman–Crippen MR) is 87.4 cm³/mol. The normalized spacial score (nSPS) is 57.9. The molecule has 0 aromatic heterocycles. The van der Waals surface area contributed by atoms with Crippen LogP contribution >= 0.6 is 0 Å². The first-order valence-electron chi connectivity index (χ1n) is 9.52. The van der Waals surface area contributed by atoms with Crippen LogP contribution in [-0.2, 0) is 4.79 Å². The second-order valence-corrected chi connectivity index (χ2v) is 9.67. The molecular weight excluding hydrogens is 272 g/mol. The van der Waals surface area contributed by atoms with Gasteiger partial charge in [0.25, 0.3) is 0 Å². The van der Waals surface area contributed by atoms with Crippen LogP contribution in [0.15, 0.2) is 0 Å². The molecule has 4 rings (SSSR count). The van der Waals surface area contributed by atoms with Gasteiger partial charge in [0, 0.05) is 12.8 Å². The maximum Gasteiger partial charge on any atom is 0.133 e. The fourth-order valence-electron chi connectivity index (χ4n) is 7.29. The summed E-state index contributed by atoms with van der Waals surface area (Å²) in [5, 5.41) is 10.9. The average molecular weight is 304 g/mol. The van der Waals surface area contributed by atoms with Crippen molar-refractivity contribution in [1.29, 1.82) is 0 Å². The molecule has 0 amide bonds. The van der Waals surface area contributed by atoms with Gasteiger partial charge < -0.3 is 5.11 Å². The smallest absolute Gasteiger partial charge is 0.133 e. The van der Waals surface area contributed by atoms with Crippen molar-refractivity contribution in [3.8, 4) is 0 Å². The van der Waals surface area contributed by atoms with Gasteiger partial charge in [0.15, 0.2) is 0 Å². The quantitative estimate of drug-likeness (QED) is 0.722. The molecule has 2 nitrogen and oxygen atoms in total. The molecule has 4 aliphatic rings. The van der Waals surface area contributed by atoms with Crippen LogP contribution in [0.2, 0.25) is 0 Å². The molecule has 0 spiro atoms. The first-order valence-corrected chi connectivity index (χ1v) is 9.52. The van der Waals surface area contributed by atoms with E-state index in [-0.39, 0.29) is 5.41 Å². The number of rotatable bonds is 0. The number of fused-ring (bicyclic) bond motifs is 5. The summed E-state index contributed by atoms with van der Waals surface area (Å²) in [6, 6.07) is 0. The zero-order valence-electron chi connectivity index (χ0n) is 14.5. The van der Waals surface area contributed by atoms with E-state index in [1.807, 2.05) is 0 Å². The highest BCUT2D eigenvalue weighted by Crippen LogP contribution is 2.67. The third kappa shape index (κ3) is 1.79. The van der Waals surface area contributed by atoms with Gasteiger partial charge in [-0.2, -0.15) is 0 Å². The second-order valence-electron chi connectivity index (χ2n) is 9.67. The minimum atomic E-state index is -0.469. The van der Waals surface area contributed by atoms with Crippen LogP contribution in [0, 0.1) is 34.5 Å². The van der Waals surface area contributed by atoms with Crippen molar-refractivity contribution in [2.24, 2.45) is 34.5 Å². The molecule has 124 valence electrons. The summed E-state index contributed by atoms with van der Waals surface area (Å²) in [5.74, 6) is 3.44. The fourth-order valence-corrected chi connectivity index (χ4v) is 7.29. The summed E-state index contributed by atoms with van der Waals surface area (Å²) in [6.45, 7) is 6.94. The van der Waals surface area contributed by atoms with Gasteiger partial charge in [0.05, 0.1) is 5.60 Å². The van der Waals surface area contributed by atoms with E-state index >= 15 is 0 Å². The Bertz CT molecular complexity index is 496. The zero-order valence-corrected chi connectivity index (χ0v) is 14.5. The lowest BCUT2D eigenvalue weighted by atomic mass is 9.44. The molecule has 0 saturated heterocycles. The number of hydrogen-bond acceptors (Lipinski definition) is 2. The van der Waals surface area contributed by atoms with Crippen molar-refractivity contribution < 1.29 is 9.90 Å². The number of hydrogen-bond donors (Lipinski definition) is 1. The SMILES string of the molecule is C[C@@]12CCC(=O)C[C@H]1CC[C@H]1[C@H]2CC[C@]2(C)[C@@H]1CC[C@@]2(C)O. The Kier molecular flexibility index (Phi) is 3.16. The highest BCUT2D eigenvalue weighted by atomic mass is 16.3. The minimum absolute atomic E-state index is 0.127. The highest BCUT2D eigenvalue weighted by molar-refractivity contribution is 5.79. The van der Waals surface area contributed by atoms with E-state index in [2.05, 4.69) is 20.8 Å². The number of carbonyl (C=O) groups is 1. The van der Waals surface area contributed by atoms with Crippen molar-refractivity contribution in [3.05, 3.63) is 0 Å². The number of carbonyl (C=O) groups excluding carboxylic acids is 1. The van der Waals surface area contributed by atoms with E-state index in [0.29, 0.717) is 23.0 Å². The molecule has 0 heterocycles. The van der Waals surface area contributed by atoms with Gasteiger partial charge in [0.2, 0.25) is 0 Å². The standard InChI is InChI=1S/C20H32O2/c1-18-9-6-14(21)12-13(18)4-5-15-16(18)7-10-19(2)17(15)8-11-20(19,3)22/h13,15-17,22H,4-12H2,1-3H3/t13-,15+,16-,17-,18-,19-,20-/m1/s1. The number of Topliss-reactive ketones (excluding diaryl/α,β-unsaturated/α-hetero) is 1. The summed E-state index contributed by atoms with van der Waals surface area (Å²) >= 11 is 0. The van der Waals surface area contributed by atoms with E-state index < -0.39 is 5.60 Å².